The summed E-state index contributed by atoms with van der Waals surface area (Å²) in [7, 11) is 0. The Morgan fingerprint density at radius 2 is 1.92 bits per heavy atom. The molecule has 1 saturated carbocycles. The van der Waals surface area contributed by atoms with Crippen LogP contribution in [0.25, 0.3) is 17.4 Å². The number of hydrogen-bond acceptors (Lipinski definition) is 5. The number of carbonyl (C=O) groups excluding carboxylic acids is 2. The summed E-state index contributed by atoms with van der Waals surface area (Å²) in [6.45, 7) is 2.34. The topological polar surface area (TPSA) is 112 Å². The highest BCUT2D eigenvalue weighted by Gasteiger charge is 2.29. The molecule has 8 nitrogen and oxygen atoms in total. The molecule has 9 heteroatoms. The normalized spacial score (nSPS) is 17.0. The third-order valence-corrected chi connectivity index (χ3v) is 7.41. The first-order valence-electron chi connectivity index (χ1n) is 12.9. The maximum Gasteiger partial charge on any atom is 0.335 e. The lowest BCUT2D eigenvalue weighted by Crippen LogP contribution is -2.30. The van der Waals surface area contributed by atoms with Crippen molar-refractivity contribution in [2.75, 3.05) is 11.6 Å². The molecule has 1 aliphatic carbocycles. The molecule has 200 valence electrons. The van der Waals surface area contributed by atoms with Crippen molar-refractivity contribution in [1.29, 1.82) is 0 Å². The Morgan fingerprint density at radius 1 is 1.13 bits per heavy atom. The van der Waals surface area contributed by atoms with Gasteiger partial charge in [-0.2, -0.15) is 10.1 Å². The zero-order valence-corrected chi connectivity index (χ0v) is 22.2. The minimum absolute atomic E-state index is 0.0614. The van der Waals surface area contributed by atoms with Crippen LogP contribution in [0.15, 0.2) is 69.7 Å². The number of hydrazone groups is 1. The molecule has 5 rings (SSSR count). The molecule has 39 heavy (non-hydrogen) atoms. The van der Waals surface area contributed by atoms with Crippen LogP contribution in [-0.4, -0.2) is 35.1 Å². The number of nitrogens with one attached hydrogen (secondary N) is 1. The fraction of sp³-hybridized carbons (Fsp3) is 0.267. The van der Waals surface area contributed by atoms with Crippen molar-refractivity contribution in [1.82, 2.24) is 5.32 Å². The van der Waals surface area contributed by atoms with Crippen molar-refractivity contribution in [3.8, 4) is 11.3 Å². The molecule has 2 aliphatic rings. The summed E-state index contributed by atoms with van der Waals surface area (Å²) in [5.41, 5.74) is 2.29. The van der Waals surface area contributed by atoms with Gasteiger partial charge in [0.05, 0.1) is 33.1 Å². The molecule has 2 heterocycles. The van der Waals surface area contributed by atoms with E-state index in [-0.39, 0.29) is 11.5 Å². The third-order valence-electron chi connectivity index (χ3n) is 7.09. The molecule has 2 N–H and O–H groups in total. The molecular formula is C30H28ClN3O5. The summed E-state index contributed by atoms with van der Waals surface area (Å²) in [5.74, 6) is -0.232. The summed E-state index contributed by atoms with van der Waals surface area (Å²) in [6, 6.07) is 14.7. The number of furan rings is 1. The average molecular weight is 546 g/mol. The van der Waals surface area contributed by atoms with Crippen molar-refractivity contribution < 1.29 is 23.9 Å². The SMILES string of the molecule is CC1=NN(c2cccc(C(=O)O)c2)C(=O)/C1=C/c1ccc(-c2ccc(Cl)c(C(=O)NCC3CCCCC3)c2)o1. The summed E-state index contributed by atoms with van der Waals surface area (Å²) in [4.78, 5) is 37.3. The van der Waals surface area contributed by atoms with E-state index in [2.05, 4.69) is 10.4 Å². The molecule has 2 amide bonds. The number of carboxylic acids is 1. The summed E-state index contributed by atoms with van der Waals surface area (Å²) in [6.07, 6.45) is 7.55. The number of carbonyl (C=O) groups is 3. The quantitative estimate of drug-likeness (QED) is 0.333. The van der Waals surface area contributed by atoms with Gasteiger partial charge in [0.1, 0.15) is 11.5 Å². The zero-order chi connectivity index (χ0) is 27.5. The Hall–Kier alpha value is -4.17. The Labute approximate surface area is 231 Å². The summed E-state index contributed by atoms with van der Waals surface area (Å²) < 4.78 is 5.99. The van der Waals surface area contributed by atoms with Gasteiger partial charge in [0, 0.05) is 12.1 Å². The van der Waals surface area contributed by atoms with E-state index >= 15 is 0 Å². The van der Waals surface area contributed by atoms with E-state index in [1.165, 1.54) is 36.4 Å². The van der Waals surface area contributed by atoms with E-state index in [4.69, 9.17) is 16.0 Å². The monoisotopic (exact) mass is 545 g/mol. The first kappa shape index (κ1) is 26.4. The number of halogens is 1. The second-order valence-electron chi connectivity index (χ2n) is 9.83. The standard InChI is InChI=1S/C30H28ClN3O5/c1-18-24(29(36)34(33-18)22-9-5-8-21(14-22)30(37)38)16-23-11-13-27(39-23)20-10-12-26(31)25(15-20)28(35)32-17-19-6-3-2-4-7-19/h5,8-16,19H,2-4,6-7,17H2,1H3,(H,32,35)(H,37,38)/b24-16+. The molecule has 0 atom stereocenters. The Bertz CT molecular complexity index is 1500. The predicted molar refractivity (Wildman–Crippen MR) is 150 cm³/mol. The largest absolute Gasteiger partial charge is 0.478 e. The second-order valence-corrected chi connectivity index (χ2v) is 10.2. The maximum absolute atomic E-state index is 13.1. The Balaban J connectivity index is 1.32. The van der Waals surface area contributed by atoms with Crippen molar-refractivity contribution >= 4 is 46.9 Å². The predicted octanol–water partition coefficient (Wildman–Crippen LogP) is 6.41. The second kappa shape index (κ2) is 11.3. The Kier molecular flexibility index (Phi) is 7.65. The van der Waals surface area contributed by atoms with Crippen LogP contribution in [0.3, 0.4) is 0 Å². The number of amides is 2. The average Bonchev–Trinajstić information content (AvgIpc) is 3.53. The van der Waals surface area contributed by atoms with Crippen LogP contribution in [0, 0.1) is 5.92 Å². The highest BCUT2D eigenvalue weighted by molar-refractivity contribution is 6.34. The summed E-state index contributed by atoms with van der Waals surface area (Å²) >= 11 is 6.35. The highest BCUT2D eigenvalue weighted by atomic mass is 35.5. The number of anilines is 1. The third kappa shape index (κ3) is 5.81. The fourth-order valence-corrected chi connectivity index (χ4v) is 5.14. The maximum atomic E-state index is 13.1. The van der Waals surface area contributed by atoms with Crippen LogP contribution in [0.2, 0.25) is 5.02 Å². The molecule has 3 aromatic rings. The molecule has 0 unspecified atom stereocenters. The van der Waals surface area contributed by atoms with Crippen LogP contribution in [0.5, 0.6) is 0 Å². The molecule has 1 aromatic heterocycles. The minimum atomic E-state index is -1.09. The van der Waals surface area contributed by atoms with Gasteiger partial charge in [-0.25, -0.2) is 4.79 Å². The number of nitrogens with zero attached hydrogens (tertiary/aromatic N) is 2. The van der Waals surface area contributed by atoms with Crippen molar-refractivity contribution in [3.05, 3.63) is 82.1 Å². The number of hydrogen-bond donors (Lipinski definition) is 2. The van der Waals surface area contributed by atoms with Crippen molar-refractivity contribution in [2.45, 2.75) is 39.0 Å². The number of rotatable bonds is 7. The molecule has 0 saturated heterocycles. The van der Waals surface area contributed by atoms with E-state index in [0.29, 0.717) is 57.1 Å². The van der Waals surface area contributed by atoms with Gasteiger partial charge in [-0.1, -0.05) is 36.9 Å². The first-order chi connectivity index (χ1) is 18.8. The van der Waals surface area contributed by atoms with Crippen LogP contribution in [-0.2, 0) is 4.79 Å². The van der Waals surface area contributed by atoms with Gasteiger partial charge in [-0.15, -0.1) is 0 Å². The van der Waals surface area contributed by atoms with Crippen molar-refractivity contribution in [3.63, 3.8) is 0 Å². The van der Waals surface area contributed by atoms with Gasteiger partial charge >= 0.3 is 5.97 Å². The number of carboxylic acid groups (broad SMARTS) is 1. The smallest absolute Gasteiger partial charge is 0.335 e. The van der Waals surface area contributed by atoms with Gasteiger partial charge in [-0.05, 0) is 80.3 Å². The molecular weight excluding hydrogens is 518 g/mol. The van der Waals surface area contributed by atoms with E-state index < -0.39 is 11.9 Å². The van der Waals surface area contributed by atoms with Gasteiger partial charge in [0.15, 0.2) is 0 Å². The van der Waals surface area contributed by atoms with Crippen LogP contribution < -0.4 is 10.3 Å². The van der Waals surface area contributed by atoms with Gasteiger partial charge in [0.25, 0.3) is 11.8 Å². The van der Waals surface area contributed by atoms with E-state index in [1.807, 2.05) is 0 Å². The lowest BCUT2D eigenvalue weighted by atomic mass is 9.89. The lowest BCUT2D eigenvalue weighted by molar-refractivity contribution is -0.114. The van der Waals surface area contributed by atoms with E-state index in [1.54, 1.807) is 55.5 Å². The van der Waals surface area contributed by atoms with E-state index in [9.17, 15) is 19.5 Å². The van der Waals surface area contributed by atoms with Crippen LogP contribution >= 0.6 is 11.6 Å². The zero-order valence-electron chi connectivity index (χ0n) is 21.4. The molecule has 1 aliphatic heterocycles. The minimum Gasteiger partial charge on any atom is -0.478 e. The number of benzene rings is 2. The Morgan fingerprint density at radius 3 is 2.69 bits per heavy atom. The molecule has 0 radical (unpaired) electrons. The number of aromatic carboxylic acids is 1. The fourth-order valence-electron chi connectivity index (χ4n) is 4.93. The molecule has 0 spiro atoms. The van der Waals surface area contributed by atoms with Gasteiger partial charge in [0.2, 0.25) is 0 Å². The molecule has 2 aromatic carbocycles. The van der Waals surface area contributed by atoms with Crippen LogP contribution in [0.4, 0.5) is 5.69 Å². The van der Waals surface area contributed by atoms with Gasteiger partial charge < -0.3 is 14.8 Å². The van der Waals surface area contributed by atoms with Gasteiger partial charge in [-0.3, -0.25) is 9.59 Å². The van der Waals surface area contributed by atoms with Crippen molar-refractivity contribution in [2.24, 2.45) is 11.0 Å². The lowest BCUT2D eigenvalue weighted by Gasteiger charge is -2.21. The molecule has 0 bridgehead atoms. The summed E-state index contributed by atoms with van der Waals surface area (Å²) in [5, 5.41) is 18.1. The molecule has 1 fully saturated rings. The first-order valence-corrected chi connectivity index (χ1v) is 13.3. The van der Waals surface area contributed by atoms with E-state index in [0.717, 1.165) is 12.8 Å². The highest BCUT2D eigenvalue weighted by Crippen LogP contribution is 2.30. The van der Waals surface area contributed by atoms with Crippen LogP contribution in [0.1, 0.15) is 65.5 Å².